The third-order valence-corrected chi connectivity index (χ3v) is 7.27. The predicted molar refractivity (Wildman–Crippen MR) is 160 cm³/mol. The molecule has 0 aliphatic rings. The average Bonchev–Trinajstić information content (AvgIpc) is 3.17. The summed E-state index contributed by atoms with van der Waals surface area (Å²) in [6.07, 6.45) is 0.455. The molecule has 0 saturated heterocycles. The molecule has 0 unspecified atom stereocenters. The first-order valence-corrected chi connectivity index (χ1v) is 13.9. The molecular formula is C34H39FN2O4. The molecule has 0 saturated carbocycles. The number of nitrogens with one attached hydrogen (secondary N) is 1. The summed E-state index contributed by atoms with van der Waals surface area (Å²) in [6.45, 7) is 12.3. The number of aromatic nitrogens is 1. The quantitative estimate of drug-likeness (QED) is 0.210. The summed E-state index contributed by atoms with van der Waals surface area (Å²) in [7, 11) is 1.29. The number of fused-ring (bicyclic) bond motifs is 1. The second kappa shape index (κ2) is 12.2. The van der Waals surface area contributed by atoms with Crippen LogP contribution < -0.4 is 10.1 Å². The van der Waals surface area contributed by atoms with Gasteiger partial charge in [-0.05, 0) is 74.6 Å². The molecule has 3 aromatic carbocycles. The van der Waals surface area contributed by atoms with E-state index in [1.54, 1.807) is 19.9 Å². The highest BCUT2D eigenvalue weighted by Gasteiger charge is 2.31. The lowest BCUT2D eigenvalue weighted by Crippen LogP contribution is -2.39. The van der Waals surface area contributed by atoms with Crippen LogP contribution in [0.4, 0.5) is 4.39 Å². The second-order valence-electron chi connectivity index (χ2n) is 11.5. The van der Waals surface area contributed by atoms with E-state index in [-0.39, 0.29) is 17.7 Å². The molecule has 4 aromatic rings. The number of hydrogen-bond acceptors (Lipinski definition) is 4. The van der Waals surface area contributed by atoms with E-state index in [4.69, 9.17) is 9.47 Å². The van der Waals surface area contributed by atoms with Gasteiger partial charge in [-0.3, -0.25) is 4.79 Å². The number of benzene rings is 3. The first-order valence-electron chi connectivity index (χ1n) is 13.9. The first-order chi connectivity index (χ1) is 19.4. The van der Waals surface area contributed by atoms with Gasteiger partial charge in [-0.1, -0.05) is 50.2 Å². The van der Waals surface area contributed by atoms with Crippen LogP contribution >= 0.6 is 0 Å². The van der Waals surface area contributed by atoms with Crippen LogP contribution in [0.15, 0.2) is 66.7 Å². The highest BCUT2D eigenvalue weighted by Crippen LogP contribution is 2.32. The number of nitrogens with zero attached hydrogens (tertiary/aromatic N) is 1. The fraction of sp³-hybridized carbons (Fsp3) is 0.353. The normalized spacial score (nSPS) is 12.4. The Labute approximate surface area is 241 Å². The van der Waals surface area contributed by atoms with Crippen molar-refractivity contribution in [1.29, 1.82) is 0 Å². The lowest BCUT2D eigenvalue weighted by molar-refractivity contribution is -0.156. The molecule has 41 heavy (non-hydrogen) atoms. The molecule has 1 N–H and O–H groups in total. The fourth-order valence-electron chi connectivity index (χ4n) is 5.19. The van der Waals surface area contributed by atoms with Crippen LogP contribution in [0.2, 0.25) is 0 Å². The summed E-state index contributed by atoms with van der Waals surface area (Å²) in [5.41, 5.74) is 4.15. The maximum absolute atomic E-state index is 14.7. The Morgan fingerprint density at radius 1 is 1.00 bits per heavy atom. The summed E-state index contributed by atoms with van der Waals surface area (Å²) in [6, 6.07) is 20.0. The molecule has 4 rings (SSSR count). The minimum absolute atomic E-state index is 0.132. The number of hydrogen-bond donors (Lipinski definition) is 1. The number of rotatable bonds is 10. The van der Waals surface area contributed by atoms with E-state index < -0.39 is 17.4 Å². The first kappa shape index (κ1) is 29.8. The topological polar surface area (TPSA) is 69.6 Å². The summed E-state index contributed by atoms with van der Waals surface area (Å²) < 4.78 is 27.6. The number of carbonyl (C=O) groups excluding carboxylic acids is 2. The monoisotopic (exact) mass is 558 g/mol. The number of halogens is 1. The maximum atomic E-state index is 14.7. The lowest BCUT2D eigenvalue weighted by Gasteiger charge is -2.23. The zero-order valence-electron chi connectivity index (χ0n) is 24.9. The molecule has 6 nitrogen and oxygen atoms in total. The van der Waals surface area contributed by atoms with Crippen molar-refractivity contribution in [1.82, 2.24) is 9.88 Å². The van der Waals surface area contributed by atoms with Gasteiger partial charge in [0.1, 0.15) is 11.6 Å². The van der Waals surface area contributed by atoms with Gasteiger partial charge in [0.05, 0.1) is 13.2 Å². The Kier molecular flexibility index (Phi) is 8.86. The summed E-state index contributed by atoms with van der Waals surface area (Å²) in [5.74, 6) is -0.505. The van der Waals surface area contributed by atoms with Crippen molar-refractivity contribution in [2.45, 2.75) is 66.2 Å². The Hall–Kier alpha value is -4.13. The van der Waals surface area contributed by atoms with Crippen LogP contribution in [0.1, 0.15) is 73.4 Å². The highest BCUT2D eigenvalue weighted by molar-refractivity contribution is 5.99. The molecule has 1 heterocycles. The highest BCUT2D eigenvalue weighted by atomic mass is 19.1. The Bertz CT molecular complexity index is 1560. The van der Waals surface area contributed by atoms with Gasteiger partial charge < -0.3 is 19.4 Å². The largest absolute Gasteiger partial charge is 0.476 e. The van der Waals surface area contributed by atoms with Crippen LogP contribution in [0.5, 0.6) is 5.75 Å². The van der Waals surface area contributed by atoms with E-state index in [2.05, 4.69) is 30.7 Å². The van der Waals surface area contributed by atoms with Gasteiger partial charge in [-0.25, -0.2) is 9.18 Å². The van der Waals surface area contributed by atoms with Gasteiger partial charge >= 0.3 is 5.97 Å². The van der Waals surface area contributed by atoms with Crippen molar-refractivity contribution < 1.29 is 23.5 Å². The van der Waals surface area contributed by atoms with Gasteiger partial charge in [0.25, 0.3) is 5.91 Å². The summed E-state index contributed by atoms with van der Waals surface area (Å²) in [5, 5.41) is 4.12. The Balaban J connectivity index is 1.69. The molecule has 0 bridgehead atoms. The van der Waals surface area contributed by atoms with Gasteiger partial charge in [0, 0.05) is 41.2 Å². The van der Waals surface area contributed by atoms with Crippen LogP contribution in [-0.2, 0) is 22.5 Å². The molecule has 216 valence electrons. The number of ether oxygens (including phenoxy) is 2. The van der Waals surface area contributed by atoms with E-state index >= 15 is 0 Å². The van der Waals surface area contributed by atoms with Crippen LogP contribution in [-0.4, -0.2) is 29.2 Å². The minimum Gasteiger partial charge on any atom is -0.476 e. The Morgan fingerprint density at radius 3 is 2.37 bits per heavy atom. The van der Waals surface area contributed by atoms with Crippen LogP contribution in [0.3, 0.4) is 0 Å². The van der Waals surface area contributed by atoms with Gasteiger partial charge in [0.15, 0.2) is 5.60 Å². The molecule has 0 radical (unpaired) electrons. The van der Waals surface area contributed by atoms with Gasteiger partial charge in [-0.2, -0.15) is 0 Å². The zero-order valence-corrected chi connectivity index (χ0v) is 24.9. The van der Waals surface area contributed by atoms with Gasteiger partial charge in [-0.15, -0.1) is 0 Å². The van der Waals surface area contributed by atoms with Crippen molar-refractivity contribution in [3.63, 3.8) is 0 Å². The second-order valence-corrected chi connectivity index (χ2v) is 11.5. The molecular weight excluding hydrogens is 519 g/mol. The molecule has 1 aromatic heterocycles. The summed E-state index contributed by atoms with van der Waals surface area (Å²) in [4.78, 5) is 25.4. The Morgan fingerprint density at radius 2 is 1.71 bits per heavy atom. The maximum Gasteiger partial charge on any atom is 0.349 e. The number of methoxy groups -OCH3 is 1. The van der Waals surface area contributed by atoms with Crippen molar-refractivity contribution >= 4 is 22.8 Å². The van der Waals surface area contributed by atoms with E-state index in [1.165, 1.54) is 19.2 Å². The van der Waals surface area contributed by atoms with Crippen molar-refractivity contribution in [3.8, 4) is 5.75 Å². The average molecular weight is 559 g/mol. The number of amides is 1. The van der Waals surface area contributed by atoms with Crippen molar-refractivity contribution in [3.05, 3.63) is 100 Å². The van der Waals surface area contributed by atoms with Crippen LogP contribution in [0, 0.1) is 18.7 Å². The molecule has 0 spiro atoms. The standard InChI is InChI=1S/C34H39FN2O4/c1-21(2)20-37-23(4)30(17-24-15-27(35)19-28(16-24)41-34(5,6)33(39)40-7)29-14-13-26(18-31(29)37)32(38)36-22(3)25-11-9-8-10-12-25/h8-16,18-19,21-22H,17,20H2,1-7H3,(H,36,38)/t22-/m0/s1. The SMILES string of the molecule is COC(=O)C(C)(C)Oc1cc(F)cc(Cc2c(C)n(CC(C)C)c3cc(C(=O)N[C@@H](C)c4ccccc4)ccc23)c1. The van der Waals surface area contributed by atoms with Crippen molar-refractivity contribution in [2.75, 3.05) is 7.11 Å². The molecule has 0 fully saturated rings. The number of carbonyl (C=O) groups is 2. The predicted octanol–water partition coefficient (Wildman–Crippen LogP) is 7.16. The fourth-order valence-corrected chi connectivity index (χ4v) is 5.19. The van der Waals surface area contributed by atoms with E-state index in [0.717, 1.165) is 34.3 Å². The molecule has 0 aliphatic carbocycles. The molecule has 0 aliphatic heterocycles. The molecule has 1 atom stereocenters. The zero-order chi connectivity index (χ0) is 29.9. The third-order valence-electron chi connectivity index (χ3n) is 7.27. The number of esters is 1. The van der Waals surface area contributed by atoms with E-state index in [0.29, 0.717) is 23.5 Å². The minimum atomic E-state index is -1.27. The van der Waals surface area contributed by atoms with Crippen molar-refractivity contribution in [2.24, 2.45) is 5.92 Å². The van der Waals surface area contributed by atoms with E-state index in [1.807, 2.05) is 55.5 Å². The molecule has 1 amide bonds. The lowest BCUT2D eigenvalue weighted by atomic mass is 10.0. The van der Waals surface area contributed by atoms with Crippen LogP contribution in [0.25, 0.3) is 10.9 Å². The van der Waals surface area contributed by atoms with E-state index in [9.17, 15) is 14.0 Å². The molecule has 7 heteroatoms. The third kappa shape index (κ3) is 6.79. The summed E-state index contributed by atoms with van der Waals surface area (Å²) >= 11 is 0. The van der Waals surface area contributed by atoms with Gasteiger partial charge in [0.2, 0.25) is 0 Å². The smallest absolute Gasteiger partial charge is 0.349 e.